The van der Waals surface area contributed by atoms with Crippen molar-refractivity contribution in [1.82, 2.24) is 18.7 Å². The molecule has 0 radical (unpaired) electrons. The van der Waals surface area contributed by atoms with Crippen LogP contribution in [0.25, 0.3) is 67.4 Å². The van der Waals surface area contributed by atoms with E-state index in [4.69, 9.17) is 4.98 Å². The van der Waals surface area contributed by atoms with Gasteiger partial charge in [-0.05, 0) is 62.4 Å². The van der Waals surface area contributed by atoms with Crippen molar-refractivity contribution in [2.45, 2.75) is 38.1 Å². The topological polar surface area (TPSA) is 27.7 Å². The summed E-state index contributed by atoms with van der Waals surface area (Å²) in [5, 5.41) is 5.16. The van der Waals surface area contributed by atoms with E-state index in [-0.39, 0.29) is 0 Å². The van der Waals surface area contributed by atoms with E-state index in [0.29, 0.717) is 6.04 Å². The van der Waals surface area contributed by atoms with Crippen molar-refractivity contribution in [3.63, 3.8) is 0 Å². The van der Waals surface area contributed by atoms with Gasteiger partial charge < -0.3 is 4.57 Å². The molecule has 4 nitrogen and oxygen atoms in total. The number of hydrogen-bond acceptors (Lipinski definition) is 1. The van der Waals surface area contributed by atoms with Crippen molar-refractivity contribution >= 4 is 55.8 Å². The maximum Gasteiger partial charge on any atom is 0.140 e. The summed E-state index contributed by atoms with van der Waals surface area (Å²) in [6.45, 7) is 0. The molecule has 0 saturated carbocycles. The Balaban J connectivity index is 1.29. The average molecular weight is 581 g/mol. The van der Waals surface area contributed by atoms with Gasteiger partial charge in [0, 0.05) is 44.1 Å². The predicted octanol–water partition coefficient (Wildman–Crippen LogP) is 10.1. The van der Waals surface area contributed by atoms with Crippen LogP contribution in [-0.2, 0) is 12.8 Å². The van der Waals surface area contributed by atoms with E-state index in [9.17, 15) is 0 Å². The van der Waals surface area contributed by atoms with E-state index < -0.39 is 0 Å². The van der Waals surface area contributed by atoms with Gasteiger partial charge in [-0.2, -0.15) is 0 Å². The van der Waals surface area contributed by atoms with Crippen molar-refractivity contribution in [2.24, 2.45) is 0 Å². The van der Waals surface area contributed by atoms with Crippen molar-refractivity contribution < 1.29 is 0 Å². The van der Waals surface area contributed by atoms with Crippen LogP contribution in [0, 0.1) is 0 Å². The fraction of sp³-hybridized carbons (Fsp3) is 0.146. The monoisotopic (exact) mass is 580 g/mol. The minimum atomic E-state index is 0.326. The van der Waals surface area contributed by atoms with Crippen molar-refractivity contribution in [3.8, 4) is 11.6 Å². The Kier molecular flexibility index (Phi) is 5.32. The van der Waals surface area contributed by atoms with Gasteiger partial charge in [0.25, 0.3) is 0 Å². The summed E-state index contributed by atoms with van der Waals surface area (Å²) in [4.78, 5) is 5.49. The summed E-state index contributed by atoms with van der Waals surface area (Å²) < 4.78 is 7.44. The van der Waals surface area contributed by atoms with Gasteiger partial charge in [-0.25, -0.2) is 4.98 Å². The number of rotatable bonds is 3. The van der Waals surface area contributed by atoms with Crippen LogP contribution < -0.4 is 0 Å². The molecule has 10 rings (SSSR count). The van der Waals surface area contributed by atoms with Gasteiger partial charge in [-0.3, -0.25) is 9.13 Å². The van der Waals surface area contributed by atoms with Gasteiger partial charge in [0.15, 0.2) is 0 Å². The van der Waals surface area contributed by atoms with Crippen LogP contribution in [0.1, 0.15) is 47.8 Å². The number of benzene rings is 3. The van der Waals surface area contributed by atoms with E-state index in [2.05, 4.69) is 141 Å². The van der Waals surface area contributed by atoms with Crippen molar-refractivity contribution in [2.75, 3.05) is 0 Å². The van der Waals surface area contributed by atoms with Crippen LogP contribution in [0.3, 0.4) is 0 Å². The molecule has 3 aliphatic rings. The molecule has 45 heavy (non-hydrogen) atoms. The van der Waals surface area contributed by atoms with E-state index in [1.165, 1.54) is 66.1 Å². The SMILES string of the molecule is C1=CCC(n2c3c(c4c2ccc2c5ccccc5n(-c5cccc(-n6c7c(c8ccccc86)C=CCC7)n5)c24)C=CCC3)C=C1. The summed E-state index contributed by atoms with van der Waals surface area (Å²) in [5.74, 6) is 1.92. The van der Waals surface area contributed by atoms with Gasteiger partial charge in [-0.15, -0.1) is 0 Å². The minimum absolute atomic E-state index is 0.326. The largest absolute Gasteiger partial charge is 0.337 e. The third-order valence-electron chi connectivity index (χ3n) is 10.1. The number of allylic oxidation sites excluding steroid dienone is 6. The Labute approximate surface area is 261 Å². The van der Waals surface area contributed by atoms with Crippen molar-refractivity contribution in [1.29, 1.82) is 0 Å². The number of para-hydroxylation sites is 2. The lowest BCUT2D eigenvalue weighted by molar-refractivity contribution is 0.599. The van der Waals surface area contributed by atoms with Crippen LogP contribution in [0.4, 0.5) is 0 Å². The number of hydrogen-bond donors (Lipinski definition) is 0. The van der Waals surface area contributed by atoms with Gasteiger partial charge in [0.2, 0.25) is 0 Å². The maximum atomic E-state index is 5.49. The molecule has 1 atom stereocenters. The number of nitrogens with zero attached hydrogens (tertiary/aromatic N) is 4. The molecule has 0 spiro atoms. The Bertz CT molecular complexity index is 2470. The average Bonchev–Trinajstić information content (AvgIpc) is 3.74. The molecule has 4 heteroatoms. The first-order chi connectivity index (χ1) is 22.4. The summed E-state index contributed by atoms with van der Waals surface area (Å²) in [5.41, 5.74) is 10.4. The molecule has 0 N–H and O–H groups in total. The van der Waals surface area contributed by atoms with E-state index in [0.717, 1.165) is 43.7 Å². The van der Waals surface area contributed by atoms with Crippen LogP contribution >= 0.6 is 0 Å². The Morgan fingerprint density at radius 1 is 0.578 bits per heavy atom. The molecular formula is C41H32N4. The highest BCUT2D eigenvalue weighted by Gasteiger charge is 2.26. The van der Waals surface area contributed by atoms with Crippen LogP contribution in [-0.4, -0.2) is 18.7 Å². The van der Waals surface area contributed by atoms with Gasteiger partial charge >= 0.3 is 0 Å². The normalized spacial score (nSPS) is 17.2. The zero-order valence-corrected chi connectivity index (χ0v) is 25.0. The highest BCUT2D eigenvalue weighted by atomic mass is 15.1. The molecule has 0 bridgehead atoms. The fourth-order valence-electron chi connectivity index (χ4n) is 8.26. The van der Waals surface area contributed by atoms with Crippen LogP contribution in [0.2, 0.25) is 0 Å². The van der Waals surface area contributed by atoms with Gasteiger partial charge in [0.05, 0.1) is 28.1 Å². The Morgan fingerprint density at radius 3 is 2.13 bits per heavy atom. The first-order valence-electron chi connectivity index (χ1n) is 16.2. The maximum absolute atomic E-state index is 5.49. The molecule has 3 aliphatic carbocycles. The lowest BCUT2D eigenvalue weighted by atomic mass is 10.0. The summed E-state index contributed by atoms with van der Waals surface area (Å²) >= 11 is 0. The van der Waals surface area contributed by atoms with E-state index in [1.54, 1.807) is 0 Å². The molecule has 0 aliphatic heterocycles. The Hall–Kier alpha value is -5.35. The van der Waals surface area contributed by atoms with Crippen LogP contribution in [0.15, 0.2) is 115 Å². The lowest BCUT2D eigenvalue weighted by Crippen LogP contribution is -2.11. The van der Waals surface area contributed by atoms with Gasteiger partial charge in [-0.1, -0.05) is 97.1 Å². The second-order valence-electron chi connectivity index (χ2n) is 12.5. The van der Waals surface area contributed by atoms with E-state index >= 15 is 0 Å². The lowest BCUT2D eigenvalue weighted by Gasteiger charge is -2.21. The Morgan fingerprint density at radius 2 is 1.31 bits per heavy atom. The number of fused-ring (bicyclic) bond motifs is 10. The minimum Gasteiger partial charge on any atom is -0.337 e. The molecule has 4 heterocycles. The van der Waals surface area contributed by atoms with E-state index in [1.807, 2.05) is 0 Å². The quantitative estimate of drug-likeness (QED) is 0.204. The zero-order chi connectivity index (χ0) is 29.5. The molecule has 7 aromatic rings. The predicted molar refractivity (Wildman–Crippen MR) is 188 cm³/mol. The fourth-order valence-corrected chi connectivity index (χ4v) is 8.26. The molecular weight excluding hydrogens is 548 g/mol. The molecule has 4 aromatic heterocycles. The second kappa shape index (κ2) is 9.57. The highest BCUT2D eigenvalue weighted by molar-refractivity contribution is 6.20. The molecule has 0 fully saturated rings. The first-order valence-corrected chi connectivity index (χ1v) is 16.2. The van der Waals surface area contributed by atoms with Gasteiger partial charge in [0.1, 0.15) is 11.6 Å². The first kappa shape index (κ1) is 25.0. The molecule has 1 unspecified atom stereocenters. The third kappa shape index (κ3) is 3.51. The molecule has 0 saturated heterocycles. The number of pyridine rings is 1. The van der Waals surface area contributed by atoms with Crippen LogP contribution in [0.5, 0.6) is 0 Å². The van der Waals surface area contributed by atoms with Crippen molar-refractivity contribution in [3.05, 3.63) is 138 Å². The third-order valence-corrected chi connectivity index (χ3v) is 10.1. The molecule has 216 valence electrons. The summed E-state index contributed by atoms with van der Waals surface area (Å²) in [6.07, 6.45) is 23.6. The number of aromatic nitrogens is 4. The molecule has 3 aromatic carbocycles. The highest BCUT2D eigenvalue weighted by Crippen LogP contribution is 2.43. The summed E-state index contributed by atoms with van der Waals surface area (Å²) in [7, 11) is 0. The molecule has 0 amide bonds. The smallest absolute Gasteiger partial charge is 0.140 e. The standard InChI is InChI=1S/C41H32N4/c1-2-13-27(14-3-1)43-36-22-11-7-18-32(36)40-37(43)26-25-31-30-17-6-10-21-35(30)45(41(31)40)39-24-12-23-38(42-39)44-33-19-8-4-15-28(33)29-16-5-9-20-34(29)44/h1-8,10,12-13,15-19,21,23-27H,9,11,14,20,22H2. The second-order valence-corrected chi connectivity index (χ2v) is 12.5. The zero-order valence-electron chi connectivity index (χ0n) is 25.0. The summed E-state index contributed by atoms with van der Waals surface area (Å²) in [6, 6.07) is 29.1.